The van der Waals surface area contributed by atoms with Gasteiger partial charge in [0, 0.05) is 0 Å². The minimum absolute atomic E-state index is 0.0985. The molecular formula is C14H20O2. The lowest BCUT2D eigenvalue weighted by atomic mass is 9.91. The lowest BCUT2D eigenvalue weighted by molar-refractivity contribution is -0.145. The summed E-state index contributed by atoms with van der Waals surface area (Å²) in [7, 11) is 0. The van der Waals surface area contributed by atoms with Gasteiger partial charge in [-0.05, 0) is 31.4 Å². The second-order valence-electron chi connectivity index (χ2n) is 3.95. The Morgan fingerprint density at radius 3 is 2.56 bits per heavy atom. The van der Waals surface area contributed by atoms with Gasteiger partial charge in [-0.3, -0.25) is 4.79 Å². The van der Waals surface area contributed by atoms with Crippen molar-refractivity contribution in [2.45, 2.75) is 39.5 Å². The zero-order valence-corrected chi connectivity index (χ0v) is 10.3. The van der Waals surface area contributed by atoms with Crippen LogP contribution in [-0.2, 0) is 9.53 Å². The molecule has 2 nitrogen and oxygen atoms in total. The fourth-order valence-corrected chi connectivity index (χ4v) is 1.91. The molecule has 0 aliphatic heterocycles. The molecule has 1 aromatic carbocycles. The van der Waals surface area contributed by atoms with Gasteiger partial charge in [-0.15, -0.1) is 0 Å². The molecule has 0 bridgehead atoms. The van der Waals surface area contributed by atoms with Crippen molar-refractivity contribution in [3.05, 3.63) is 35.4 Å². The van der Waals surface area contributed by atoms with Gasteiger partial charge >= 0.3 is 5.97 Å². The molecule has 0 heterocycles. The molecule has 0 aliphatic carbocycles. The maximum absolute atomic E-state index is 11.9. The molecule has 0 aromatic heterocycles. The average molecular weight is 220 g/mol. The number of carbonyl (C=O) groups is 1. The van der Waals surface area contributed by atoms with Crippen molar-refractivity contribution in [3.8, 4) is 0 Å². The van der Waals surface area contributed by atoms with Gasteiger partial charge in [-0.25, -0.2) is 0 Å². The minimum atomic E-state index is -0.105. The third-order valence-electron chi connectivity index (χ3n) is 2.71. The summed E-state index contributed by atoms with van der Waals surface area (Å²) < 4.78 is 5.13. The van der Waals surface area contributed by atoms with Crippen LogP contribution in [0.5, 0.6) is 0 Å². The normalized spacial score (nSPS) is 12.2. The highest BCUT2D eigenvalue weighted by Crippen LogP contribution is 2.25. The van der Waals surface area contributed by atoms with Crippen molar-refractivity contribution < 1.29 is 9.53 Å². The molecule has 2 heteroatoms. The van der Waals surface area contributed by atoms with Gasteiger partial charge in [0.2, 0.25) is 0 Å². The molecule has 0 spiro atoms. The van der Waals surface area contributed by atoms with Gasteiger partial charge in [-0.2, -0.15) is 0 Å². The van der Waals surface area contributed by atoms with Crippen molar-refractivity contribution in [3.63, 3.8) is 0 Å². The Bertz CT molecular complexity index is 344. The Labute approximate surface area is 97.6 Å². The van der Waals surface area contributed by atoms with Crippen LogP contribution in [0.3, 0.4) is 0 Å². The zero-order valence-electron chi connectivity index (χ0n) is 10.3. The van der Waals surface area contributed by atoms with Crippen molar-refractivity contribution in [1.82, 2.24) is 0 Å². The smallest absolute Gasteiger partial charge is 0.313 e. The lowest BCUT2D eigenvalue weighted by Crippen LogP contribution is -2.16. The van der Waals surface area contributed by atoms with Crippen LogP contribution in [0.4, 0.5) is 0 Å². The van der Waals surface area contributed by atoms with Crippen LogP contribution in [0, 0.1) is 6.92 Å². The van der Waals surface area contributed by atoms with Crippen LogP contribution in [0.25, 0.3) is 0 Å². The van der Waals surface area contributed by atoms with E-state index in [1.54, 1.807) is 0 Å². The molecule has 0 saturated heterocycles. The van der Waals surface area contributed by atoms with E-state index in [2.05, 4.69) is 6.92 Å². The lowest BCUT2D eigenvalue weighted by Gasteiger charge is -2.17. The monoisotopic (exact) mass is 220 g/mol. The molecule has 88 valence electrons. The number of benzene rings is 1. The molecule has 0 aliphatic rings. The van der Waals surface area contributed by atoms with E-state index in [0.29, 0.717) is 6.61 Å². The summed E-state index contributed by atoms with van der Waals surface area (Å²) in [4.78, 5) is 11.9. The first-order valence-corrected chi connectivity index (χ1v) is 5.92. The van der Waals surface area contributed by atoms with E-state index in [9.17, 15) is 4.79 Å². The van der Waals surface area contributed by atoms with Gasteiger partial charge in [0.25, 0.3) is 0 Å². The topological polar surface area (TPSA) is 26.3 Å². The van der Waals surface area contributed by atoms with Gasteiger partial charge < -0.3 is 4.74 Å². The third kappa shape index (κ3) is 3.09. The van der Waals surface area contributed by atoms with E-state index >= 15 is 0 Å². The third-order valence-corrected chi connectivity index (χ3v) is 2.71. The first-order chi connectivity index (χ1) is 7.70. The summed E-state index contributed by atoms with van der Waals surface area (Å²) in [6, 6.07) is 8.03. The highest BCUT2D eigenvalue weighted by Gasteiger charge is 2.22. The number of aryl methyl sites for hydroxylation is 1. The Balaban J connectivity index is 2.93. The van der Waals surface area contributed by atoms with Crippen molar-refractivity contribution in [2.75, 3.05) is 6.61 Å². The molecule has 0 saturated carbocycles. The molecular weight excluding hydrogens is 200 g/mol. The molecule has 1 rings (SSSR count). The molecule has 1 atom stereocenters. The standard InChI is InChI=1S/C14H20O2/c1-4-8-13(14(15)16-5-2)12-10-7-6-9-11(12)3/h6-7,9-10,13H,4-5,8H2,1-3H3. The van der Waals surface area contributed by atoms with Crippen LogP contribution in [0.2, 0.25) is 0 Å². The molecule has 16 heavy (non-hydrogen) atoms. The Hall–Kier alpha value is -1.31. The first-order valence-electron chi connectivity index (χ1n) is 5.92. The number of ether oxygens (including phenoxy) is 1. The fraction of sp³-hybridized carbons (Fsp3) is 0.500. The largest absolute Gasteiger partial charge is 0.466 e. The summed E-state index contributed by atoms with van der Waals surface area (Å²) in [6.45, 7) is 6.42. The first kappa shape index (κ1) is 12.8. The number of hydrogen-bond acceptors (Lipinski definition) is 2. The molecule has 1 unspecified atom stereocenters. The highest BCUT2D eigenvalue weighted by molar-refractivity contribution is 5.78. The fourth-order valence-electron chi connectivity index (χ4n) is 1.91. The Kier molecular flexibility index (Phi) is 5.03. The van der Waals surface area contributed by atoms with Gasteiger partial charge in [-0.1, -0.05) is 37.6 Å². The van der Waals surface area contributed by atoms with E-state index < -0.39 is 0 Å². The van der Waals surface area contributed by atoms with Crippen LogP contribution in [0.15, 0.2) is 24.3 Å². The quantitative estimate of drug-likeness (QED) is 0.710. The second-order valence-corrected chi connectivity index (χ2v) is 3.95. The Morgan fingerprint density at radius 1 is 1.31 bits per heavy atom. The summed E-state index contributed by atoms with van der Waals surface area (Å²) in [5, 5.41) is 0. The van der Waals surface area contributed by atoms with E-state index in [-0.39, 0.29) is 11.9 Å². The molecule has 0 amide bonds. The van der Waals surface area contributed by atoms with Crippen LogP contribution >= 0.6 is 0 Å². The van der Waals surface area contributed by atoms with Gasteiger partial charge in [0.15, 0.2) is 0 Å². The van der Waals surface area contributed by atoms with Crippen LogP contribution in [-0.4, -0.2) is 12.6 Å². The zero-order chi connectivity index (χ0) is 12.0. The minimum Gasteiger partial charge on any atom is -0.466 e. The van der Waals surface area contributed by atoms with Gasteiger partial charge in [0.05, 0.1) is 12.5 Å². The maximum atomic E-state index is 11.9. The molecule has 0 radical (unpaired) electrons. The summed E-state index contributed by atoms with van der Waals surface area (Å²) in [5.74, 6) is -0.204. The molecule has 0 N–H and O–H groups in total. The summed E-state index contributed by atoms with van der Waals surface area (Å²) in [6.07, 6.45) is 1.83. The van der Waals surface area contributed by atoms with Crippen LogP contribution < -0.4 is 0 Å². The van der Waals surface area contributed by atoms with Crippen molar-refractivity contribution in [2.24, 2.45) is 0 Å². The predicted molar refractivity (Wildman–Crippen MR) is 65.5 cm³/mol. The predicted octanol–water partition coefficient (Wildman–Crippen LogP) is 3.44. The molecule has 0 fully saturated rings. The van der Waals surface area contributed by atoms with Gasteiger partial charge in [0.1, 0.15) is 0 Å². The molecule has 1 aromatic rings. The number of esters is 1. The highest BCUT2D eigenvalue weighted by atomic mass is 16.5. The second kappa shape index (κ2) is 6.31. The summed E-state index contributed by atoms with van der Waals surface area (Å²) in [5.41, 5.74) is 2.26. The van der Waals surface area contributed by atoms with Crippen molar-refractivity contribution >= 4 is 5.97 Å². The van der Waals surface area contributed by atoms with E-state index in [1.165, 1.54) is 0 Å². The van der Waals surface area contributed by atoms with Crippen molar-refractivity contribution in [1.29, 1.82) is 0 Å². The van der Waals surface area contributed by atoms with E-state index in [4.69, 9.17) is 4.74 Å². The SMILES string of the molecule is CCCC(C(=O)OCC)c1ccccc1C. The van der Waals surface area contributed by atoms with E-state index in [0.717, 1.165) is 24.0 Å². The number of hydrogen-bond donors (Lipinski definition) is 0. The number of rotatable bonds is 5. The number of carbonyl (C=O) groups excluding carboxylic acids is 1. The van der Waals surface area contributed by atoms with E-state index in [1.807, 2.05) is 38.1 Å². The average Bonchev–Trinajstić information content (AvgIpc) is 2.27. The summed E-state index contributed by atoms with van der Waals surface area (Å²) >= 11 is 0. The van der Waals surface area contributed by atoms with Crippen LogP contribution in [0.1, 0.15) is 43.7 Å². The maximum Gasteiger partial charge on any atom is 0.313 e. The Morgan fingerprint density at radius 2 is 2.00 bits per heavy atom.